The van der Waals surface area contributed by atoms with Crippen LogP contribution in [0.1, 0.15) is 0 Å². The predicted octanol–water partition coefficient (Wildman–Crippen LogP) is 0.618. The lowest BCUT2D eigenvalue weighted by atomic mass is 10.5. The van der Waals surface area contributed by atoms with Crippen molar-refractivity contribution in [3.8, 4) is 17.8 Å². The van der Waals surface area contributed by atoms with Gasteiger partial charge in [-0.25, -0.2) is 0 Å². The molecule has 0 radical (unpaired) electrons. The minimum Gasteiger partial charge on any atom is -0.481 e. The first-order valence-electron chi connectivity index (χ1n) is 5.57. The van der Waals surface area contributed by atoms with Crippen molar-refractivity contribution in [2.24, 2.45) is 0 Å². The molecule has 2 aromatic heterocycles. The zero-order valence-corrected chi connectivity index (χ0v) is 11.2. The van der Waals surface area contributed by atoms with Gasteiger partial charge in [0.2, 0.25) is 17.7 Å². The van der Waals surface area contributed by atoms with Gasteiger partial charge in [0, 0.05) is 12.1 Å². The highest BCUT2D eigenvalue weighted by Crippen LogP contribution is 2.21. The standard InChI is InChI=1S/C11H14N6O3/c1-18-8-4-6(12)13-10(16-8)14-7-5-9(19-2)17-11(15-7)20-3/h4-5H,1-3H3,(H3,12,13,14,15,16,17). The molecule has 0 aliphatic heterocycles. The molecule has 0 amide bonds. The number of nitrogen functional groups attached to an aromatic ring is 1. The van der Waals surface area contributed by atoms with E-state index < -0.39 is 0 Å². The Hall–Kier alpha value is -2.84. The number of ether oxygens (including phenoxy) is 3. The van der Waals surface area contributed by atoms with E-state index in [0.717, 1.165) is 0 Å². The summed E-state index contributed by atoms with van der Waals surface area (Å²) in [4.78, 5) is 16.2. The van der Waals surface area contributed by atoms with Crippen molar-refractivity contribution in [1.82, 2.24) is 19.9 Å². The van der Waals surface area contributed by atoms with Gasteiger partial charge in [-0.15, -0.1) is 0 Å². The maximum atomic E-state index is 5.65. The molecule has 0 saturated carbocycles. The van der Waals surface area contributed by atoms with Crippen LogP contribution in [0.5, 0.6) is 17.8 Å². The average Bonchev–Trinajstić information content (AvgIpc) is 2.46. The number of aromatic nitrogens is 4. The SMILES string of the molecule is COc1cc(N)nc(Nc2cc(OC)nc(OC)n2)n1. The number of rotatable bonds is 5. The summed E-state index contributed by atoms with van der Waals surface area (Å²) in [6.07, 6.45) is 0. The zero-order valence-electron chi connectivity index (χ0n) is 11.2. The first-order valence-corrected chi connectivity index (χ1v) is 5.57. The molecule has 0 saturated heterocycles. The van der Waals surface area contributed by atoms with Crippen LogP contribution in [0.2, 0.25) is 0 Å². The van der Waals surface area contributed by atoms with Crippen molar-refractivity contribution < 1.29 is 14.2 Å². The smallest absolute Gasteiger partial charge is 0.321 e. The highest BCUT2D eigenvalue weighted by atomic mass is 16.5. The van der Waals surface area contributed by atoms with Crippen molar-refractivity contribution in [2.45, 2.75) is 0 Å². The molecule has 20 heavy (non-hydrogen) atoms. The van der Waals surface area contributed by atoms with Crippen molar-refractivity contribution in [3.63, 3.8) is 0 Å². The van der Waals surface area contributed by atoms with Gasteiger partial charge in [0.15, 0.2) is 0 Å². The summed E-state index contributed by atoms with van der Waals surface area (Å²) in [7, 11) is 4.44. The first-order chi connectivity index (χ1) is 9.64. The normalized spacial score (nSPS) is 9.95. The van der Waals surface area contributed by atoms with Gasteiger partial charge in [-0.05, 0) is 0 Å². The summed E-state index contributed by atoms with van der Waals surface area (Å²) in [6.45, 7) is 0. The molecule has 2 aromatic rings. The lowest BCUT2D eigenvalue weighted by molar-refractivity contribution is 0.353. The average molecular weight is 278 g/mol. The van der Waals surface area contributed by atoms with Gasteiger partial charge in [0.1, 0.15) is 11.6 Å². The number of nitrogens with one attached hydrogen (secondary N) is 1. The third kappa shape index (κ3) is 3.13. The molecule has 9 heteroatoms. The fourth-order valence-electron chi connectivity index (χ4n) is 1.38. The summed E-state index contributed by atoms with van der Waals surface area (Å²) in [6, 6.07) is 3.23. The molecule has 0 aliphatic rings. The van der Waals surface area contributed by atoms with Crippen LogP contribution < -0.4 is 25.3 Å². The summed E-state index contributed by atoms with van der Waals surface area (Å²) in [5.41, 5.74) is 5.65. The number of hydrogen-bond acceptors (Lipinski definition) is 9. The van der Waals surface area contributed by atoms with E-state index in [9.17, 15) is 0 Å². The molecular formula is C11H14N6O3. The monoisotopic (exact) mass is 278 g/mol. The van der Waals surface area contributed by atoms with Gasteiger partial charge in [-0.3, -0.25) is 0 Å². The molecule has 0 aliphatic carbocycles. The second-order valence-corrected chi connectivity index (χ2v) is 3.57. The quantitative estimate of drug-likeness (QED) is 0.811. The highest BCUT2D eigenvalue weighted by molar-refractivity contribution is 5.52. The molecule has 0 bridgehead atoms. The lowest BCUT2D eigenvalue weighted by Gasteiger charge is -2.08. The summed E-state index contributed by atoms with van der Waals surface area (Å²) < 4.78 is 15.0. The van der Waals surface area contributed by atoms with E-state index in [1.165, 1.54) is 27.4 Å². The van der Waals surface area contributed by atoms with Crippen LogP contribution in [-0.4, -0.2) is 41.3 Å². The second kappa shape index (κ2) is 5.87. The van der Waals surface area contributed by atoms with Crippen LogP contribution in [0, 0.1) is 0 Å². The highest BCUT2D eigenvalue weighted by Gasteiger charge is 2.08. The van der Waals surface area contributed by atoms with Crippen LogP contribution in [-0.2, 0) is 0 Å². The number of methoxy groups -OCH3 is 3. The van der Waals surface area contributed by atoms with E-state index in [-0.39, 0.29) is 17.8 Å². The number of nitrogens with zero attached hydrogens (tertiary/aromatic N) is 4. The number of nitrogens with two attached hydrogens (primary N) is 1. The molecule has 0 spiro atoms. The van der Waals surface area contributed by atoms with Crippen molar-refractivity contribution in [3.05, 3.63) is 12.1 Å². The van der Waals surface area contributed by atoms with Crippen molar-refractivity contribution >= 4 is 17.6 Å². The molecule has 0 atom stereocenters. The largest absolute Gasteiger partial charge is 0.481 e. The fraction of sp³-hybridized carbons (Fsp3) is 0.273. The molecule has 0 aromatic carbocycles. The Kier molecular flexibility index (Phi) is 3.99. The Labute approximate surface area is 115 Å². The minimum atomic E-state index is 0.155. The Morgan fingerprint density at radius 3 is 2.25 bits per heavy atom. The van der Waals surface area contributed by atoms with Crippen molar-refractivity contribution in [1.29, 1.82) is 0 Å². The van der Waals surface area contributed by atoms with Crippen LogP contribution in [0.4, 0.5) is 17.6 Å². The lowest BCUT2D eigenvalue weighted by Crippen LogP contribution is -2.05. The van der Waals surface area contributed by atoms with Crippen LogP contribution in [0.15, 0.2) is 12.1 Å². The second-order valence-electron chi connectivity index (χ2n) is 3.57. The van der Waals surface area contributed by atoms with E-state index in [0.29, 0.717) is 17.6 Å². The molecule has 3 N–H and O–H groups in total. The van der Waals surface area contributed by atoms with E-state index in [1.54, 1.807) is 6.07 Å². The van der Waals surface area contributed by atoms with E-state index in [2.05, 4.69) is 25.3 Å². The Morgan fingerprint density at radius 1 is 0.900 bits per heavy atom. The molecule has 106 valence electrons. The van der Waals surface area contributed by atoms with Crippen LogP contribution in [0.3, 0.4) is 0 Å². The molecular weight excluding hydrogens is 264 g/mol. The summed E-state index contributed by atoms with van der Waals surface area (Å²) in [5.74, 6) is 1.60. The first kappa shape index (κ1) is 13.6. The molecule has 0 fully saturated rings. The Morgan fingerprint density at radius 2 is 1.60 bits per heavy atom. The summed E-state index contributed by atoms with van der Waals surface area (Å²) in [5, 5.41) is 2.88. The van der Waals surface area contributed by atoms with Crippen LogP contribution >= 0.6 is 0 Å². The molecule has 9 nitrogen and oxygen atoms in total. The van der Waals surface area contributed by atoms with Gasteiger partial charge in [-0.2, -0.15) is 19.9 Å². The minimum absolute atomic E-state index is 0.155. The maximum absolute atomic E-state index is 5.65. The van der Waals surface area contributed by atoms with Crippen LogP contribution in [0.25, 0.3) is 0 Å². The van der Waals surface area contributed by atoms with E-state index in [1.807, 2.05) is 0 Å². The Bertz CT molecular complexity index is 584. The number of hydrogen-bond donors (Lipinski definition) is 2. The molecule has 2 heterocycles. The predicted molar refractivity (Wildman–Crippen MR) is 71.4 cm³/mol. The topological polar surface area (TPSA) is 117 Å². The van der Waals surface area contributed by atoms with Crippen molar-refractivity contribution in [2.75, 3.05) is 32.4 Å². The Balaban J connectivity index is 2.31. The van der Waals surface area contributed by atoms with Gasteiger partial charge in [0.05, 0.1) is 21.3 Å². The number of anilines is 3. The van der Waals surface area contributed by atoms with E-state index >= 15 is 0 Å². The zero-order chi connectivity index (χ0) is 14.5. The van der Waals surface area contributed by atoms with Gasteiger partial charge >= 0.3 is 6.01 Å². The van der Waals surface area contributed by atoms with Gasteiger partial charge in [-0.1, -0.05) is 0 Å². The van der Waals surface area contributed by atoms with E-state index in [4.69, 9.17) is 19.9 Å². The molecule has 2 rings (SSSR count). The van der Waals surface area contributed by atoms with Gasteiger partial charge in [0.25, 0.3) is 0 Å². The third-order valence-corrected chi connectivity index (χ3v) is 2.25. The summed E-state index contributed by atoms with van der Waals surface area (Å²) >= 11 is 0. The third-order valence-electron chi connectivity index (χ3n) is 2.25. The van der Waals surface area contributed by atoms with Gasteiger partial charge < -0.3 is 25.3 Å². The fourth-order valence-corrected chi connectivity index (χ4v) is 1.38. The maximum Gasteiger partial charge on any atom is 0.321 e. The molecule has 0 unspecified atom stereocenters.